The van der Waals surface area contributed by atoms with Crippen LogP contribution in [-0.2, 0) is 17.8 Å². The van der Waals surface area contributed by atoms with E-state index >= 15 is 0 Å². The molecular formula is C26H27N5O3. The van der Waals surface area contributed by atoms with Gasteiger partial charge < -0.3 is 10.1 Å². The summed E-state index contributed by atoms with van der Waals surface area (Å²) >= 11 is 0. The fourth-order valence-electron chi connectivity index (χ4n) is 3.65. The van der Waals surface area contributed by atoms with E-state index in [2.05, 4.69) is 32.4 Å². The van der Waals surface area contributed by atoms with Gasteiger partial charge in [-0.2, -0.15) is 5.10 Å². The van der Waals surface area contributed by atoms with Crippen LogP contribution in [0.25, 0.3) is 10.8 Å². The van der Waals surface area contributed by atoms with Crippen LogP contribution in [0.1, 0.15) is 23.0 Å². The van der Waals surface area contributed by atoms with Crippen molar-refractivity contribution in [2.24, 2.45) is 0 Å². The zero-order chi connectivity index (χ0) is 23.9. The first kappa shape index (κ1) is 23.1. The minimum atomic E-state index is -0.575. The fraction of sp³-hybridized carbons (Fsp3) is 0.231. The Labute approximate surface area is 197 Å². The second kappa shape index (κ2) is 10.7. The highest BCUT2D eigenvalue weighted by atomic mass is 16.5. The lowest BCUT2D eigenvalue weighted by atomic mass is 10.1. The molecule has 0 radical (unpaired) electrons. The summed E-state index contributed by atoms with van der Waals surface area (Å²) in [5.74, 6) is -0.575. The van der Waals surface area contributed by atoms with Crippen molar-refractivity contribution in [2.45, 2.75) is 20.0 Å². The largest absolute Gasteiger partial charge is 0.460 e. The minimum Gasteiger partial charge on any atom is -0.460 e. The number of carbonyl (C=O) groups excluding carboxylic acids is 1. The van der Waals surface area contributed by atoms with E-state index in [0.717, 1.165) is 17.3 Å². The standard InChI is InChI=1S/C26H27N5O3/c1-3-31-25(32)22(28-24-17-27-16-20-11-7-8-12-21(20)24)15-23(29-31)26(33)34-14-13-30(2)18-19-9-5-4-6-10-19/h4-12,15-17,28H,3,13-14,18H2,1-2H3. The topological polar surface area (TPSA) is 89.3 Å². The normalized spacial score (nSPS) is 11.0. The molecule has 4 rings (SSSR count). The van der Waals surface area contributed by atoms with E-state index in [4.69, 9.17) is 4.74 Å². The van der Waals surface area contributed by atoms with Crippen LogP contribution in [0.3, 0.4) is 0 Å². The number of esters is 1. The van der Waals surface area contributed by atoms with Crippen LogP contribution in [0.5, 0.6) is 0 Å². The lowest BCUT2D eigenvalue weighted by molar-refractivity contribution is 0.0460. The highest BCUT2D eigenvalue weighted by Gasteiger charge is 2.16. The van der Waals surface area contributed by atoms with E-state index in [1.807, 2.05) is 49.5 Å². The molecule has 0 saturated carbocycles. The van der Waals surface area contributed by atoms with Gasteiger partial charge in [0.2, 0.25) is 0 Å². The number of nitrogens with one attached hydrogen (secondary N) is 1. The number of fused-ring (bicyclic) bond motifs is 1. The van der Waals surface area contributed by atoms with Gasteiger partial charge in [-0.3, -0.25) is 14.7 Å². The predicted octanol–water partition coefficient (Wildman–Crippen LogP) is 3.84. The number of rotatable bonds is 9. The minimum absolute atomic E-state index is 0.0721. The molecule has 0 atom stereocenters. The summed E-state index contributed by atoms with van der Waals surface area (Å²) in [6, 6.07) is 19.3. The summed E-state index contributed by atoms with van der Waals surface area (Å²) in [5, 5.41) is 9.18. The molecule has 1 N–H and O–H groups in total. The molecule has 2 aromatic carbocycles. The van der Waals surface area contributed by atoms with Crippen LogP contribution in [0, 0.1) is 0 Å². The Hall–Kier alpha value is -4.04. The zero-order valence-corrected chi connectivity index (χ0v) is 19.3. The number of hydrogen-bond donors (Lipinski definition) is 1. The van der Waals surface area contributed by atoms with Gasteiger partial charge in [-0.25, -0.2) is 9.48 Å². The number of hydrogen-bond acceptors (Lipinski definition) is 7. The van der Waals surface area contributed by atoms with Crippen LogP contribution >= 0.6 is 0 Å². The van der Waals surface area contributed by atoms with Crippen molar-refractivity contribution in [2.75, 3.05) is 25.5 Å². The number of likely N-dealkylation sites (N-methyl/N-ethyl adjacent to an activating group) is 1. The third kappa shape index (κ3) is 5.47. The first-order valence-electron chi connectivity index (χ1n) is 11.2. The van der Waals surface area contributed by atoms with E-state index in [1.165, 1.54) is 16.3 Å². The molecule has 8 nitrogen and oxygen atoms in total. The Bertz CT molecular complexity index is 1330. The highest BCUT2D eigenvalue weighted by Crippen LogP contribution is 2.24. The summed E-state index contributed by atoms with van der Waals surface area (Å²) < 4.78 is 6.70. The van der Waals surface area contributed by atoms with Gasteiger partial charge in [0.1, 0.15) is 12.3 Å². The molecule has 4 aromatic rings. The number of carbonyl (C=O) groups is 1. The number of aryl methyl sites for hydroxylation is 1. The van der Waals surface area contributed by atoms with Crippen LogP contribution in [0.4, 0.5) is 11.4 Å². The molecule has 0 bridgehead atoms. The van der Waals surface area contributed by atoms with Crippen molar-refractivity contribution < 1.29 is 9.53 Å². The number of nitrogens with zero attached hydrogens (tertiary/aromatic N) is 4. The SMILES string of the molecule is CCn1nc(C(=O)OCCN(C)Cc2ccccc2)cc(Nc2cncc3ccccc23)c1=O. The molecule has 2 heterocycles. The second-order valence-corrected chi connectivity index (χ2v) is 7.96. The van der Waals surface area contributed by atoms with Gasteiger partial charge in [0, 0.05) is 42.7 Å². The quantitative estimate of drug-likeness (QED) is 0.382. The fourth-order valence-corrected chi connectivity index (χ4v) is 3.65. The summed E-state index contributed by atoms with van der Waals surface area (Å²) in [6.45, 7) is 3.66. The third-order valence-electron chi connectivity index (χ3n) is 5.42. The summed E-state index contributed by atoms with van der Waals surface area (Å²) in [4.78, 5) is 31.9. The number of pyridine rings is 1. The maximum absolute atomic E-state index is 12.9. The molecule has 8 heteroatoms. The second-order valence-electron chi connectivity index (χ2n) is 7.96. The van der Waals surface area contributed by atoms with Crippen LogP contribution in [0.15, 0.2) is 77.9 Å². The van der Waals surface area contributed by atoms with Crippen molar-refractivity contribution in [3.05, 3.63) is 94.7 Å². The van der Waals surface area contributed by atoms with Gasteiger partial charge in [-0.05, 0) is 19.5 Å². The molecule has 0 aliphatic carbocycles. The first-order chi connectivity index (χ1) is 16.5. The molecule has 0 aliphatic rings. The molecule has 0 fully saturated rings. The number of anilines is 2. The lowest BCUT2D eigenvalue weighted by Gasteiger charge is -2.16. The molecule has 0 spiro atoms. The molecule has 0 unspecified atom stereocenters. The van der Waals surface area contributed by atoms with Gasteiger partial charge in [-0.15, -0.1) is 0 Å². The van der Waals surface area contributed by atoms with Gasteiger partial charge in [0.05, 0.1) is 11.9 Å². The summed E-state index contributed by atoms with van der Waals surface area (Å²) in [5.41, 5.74) is 1.85. The molecule has 2 aromatic heterocycles. The van der Waals surface area contributed by atoms with Gasteiger partial charge in [0.25, 0.3) is 5.56 Å². The van der Waals surface area contributed by atoms with Crippen molar-refractivity contribution in [1.29, 1.82) is 0 Å². The van der Waals surface area contributed by atoms with Gasteiger partial charge in [-0.1, -0.05) is 54.6 Å². The Morgan fingerprint density at radius 1 is 1.06 bits per heavy atom. The van der Waals surface area contributed by atoms with Crippen molar-refractivity contribution in [1.82, 2.24) is 19.7 Å². The Kier molecular flexibility index (Phi) is 7.29. The van der Waals surface area contributed by atoms with Gasteiger partial charge >= 0.3 is 5.97 Å². The Morgan fingerprint density at radius 2 is 1.82 bits per heavy atom. The summed E-state index contributed by atoms with van der Waals surface area (Å²) in [6.07, 6.45) is 3.41. The maximum atomic E-state index is 12.9. The Balaban J connectivity index is 1.47. The van der Waals surface area contributed by atoms with Crippen LogP contribution < -0.4 is 10.9 Å². The molecular weight excluding hydrogens is 430 g/mol. The molecule has 0 aliphatic heterocycles. The van der Waals surface area contributed by atoms with E-state index in [9.17, 15) is 9.59 Å². The van der Waals surface area contributed by atoms with E-state index < -0.39 is 5.97 Å². The van der Waals surface area contributed by atoms with Crippen molar-refractivity contribution in [3.63, 3.8) is 0 Å². The van der Waals surface area contributed by atoms with Crippen LogP contribution in [0.2, 0.25) is 0 Å². The maximum Gasteiger partial charge on any atom is 0.358 e. The third-order valence-corrected chi connectivity index (χ3v) is 5.42. The smallest absolute Gasteiger partial charge is 0.358 e. The summed E-state index contributed by atoms with van der Waals surface area (Å²) in [7, 11) is 1.97. The molecule has 174 valence electrons. The van der Waals surface area contributed by atoms with Crippen LogP contribution in [-0.4, -0.2) is 45.8 Å². The van der Waals surface area contributed by atoms with Crippen molar-refractivity contribution in [3.8, 4) is 0 Å². The lowest BCUT2D eigenvalue weighted by Crippen LogP contribution is -2.28. The number of benzene rings is 2. The van der Waals surface area contributed by atoms with Crippen molar-refractivity contribution >= 4 is 28.1 Å². The zero-order valence-electron chi connectivity index (χ0n) is 19.3. The Morgan fingerprint density at radius 3 is 2.62 bits per heavy atom. The van der Waals surface area contributed by atoms with E-state index in [-0.39, 0.29) is 23.5 Å². The highest BCUT2D eigenvalue weighted by molar-refractivity contribution is 5.95. The van der Waals surface area contributed by atoms with E-state index in [1.54, 1.807) is 19.3 Å². The van der Waals surface area contributed by atoms with Gasteiger partial charge in [0.15, 0.2) is 5.69 Å². The monoisotopic (exact) mass is 457 g/mol. The van der Waals surface area contributed by atoms with E-state index in [0.29, 0.717) is 18.8 Å². The number of ether oxygens (including phenoxy) is 1. The average molecular weight is 458 g/mol. The molecule has 0 amide bonds. The first-order valence-corrected chi connectivity index (χ1v) is 11.2. The average Bonchev–Trinajstić information content (AvgIpc) is 2.86. The molecule has 0 saturated heterocycles. The number of aromatic nitrogens is 3. The molecule has 34 heavy (non-hydrogen) atoms. The predicted molar refractivity (Wildman–Crippen MR) is 132 cm³/mol.